The van der Waals surface area contributed by atoms with E-state index in [4.69, 9.17) is 5.73 Å². The van der Waals surface area contributed by atoms with Crippen LogP contribution in [0.2, 0.25) is 0 Å². The number of nitrogens with zero attached hydrogens (tertiary/aromatic N) is 3. The number of likely N-dealkylation sites (tertiary alicyclic amines) is 1. The fourth-order valence-corrected chi connectivity index (χ4v) is 3.70. The van der Waals surface area contributed by atoms with E-state index >= 15 is 0 Å². The minimum Gasteiger partial charge on any atom is -0.392 e. The molecule has 0 radical (unpaired) electrons. The molecule has 1 amide bonds. The van der Waals surface area contributed by atoms with Crippen molar-refractivity contribution < 1.29 is 9.90 Å². The van der Waals surface area contributed by atoms with E-state index in [1.54, 1.807) is 6.20 Å². The number of hydrogen-bond acceptors (Lipinski definition) is 5. The summed E-state index contributed by atoms with van der Waals surface area (Å²) in [6, 6.07) is 9.73. The summed E-state index contributed by atoms with van der Waals surface area (Å²) in [5.41, 5.74) is 8.89. The Kier molecular flexibility index (Phi) is 5.88. The van der Waals surface area contributed by atoms with E-state index in [1.807, 2.05) is 67.7 Å². The van der Waals surface area contributed by atoms with Crippen molar-refractivity contribution in [3.05, 3.63) is 42.1 Å². The van der Waals surface area contributed by atoms with E-state index in [0.717, 1.165) is 16.8 Å². The molecule has 1 fully saturated rings. The standard InChI is InChI=1S/C21H31N5O2/c1-14(24-20(28)19-11-17(27)12-25(19)4)15-5-7-16(8-6-15)18-9-10-23-26(18)13-21(2,3)22/h5-10,14,17,19,27H,11-13,22H2,1-4H3,(H,24,28). The molecule has 3 unspecified atom stereocenters. The quantitative estimate of drug-likeness (QED) is 0.701. The SMILES string of the molecule is CC(NC(=O)C1CC(O)CN1C)c1ccc(-c2ccnn2CC(C)(C)N)cc1. The number of carbonyl (C=O) groups excluding carboxylic acids is 1. The molecule has 152 valence electrons. The first-order chi connectivity index (χ1) is 13.1. The molecular weight excluding hydrogens is 354 g/mol. The number of rotatable bonds is 6. The highest BCUT2D eigenvalue weighted by atomic mass is 16.3. The lowest BCUT2D eigenvalue weighted by atomic mass is 10.0. The molecule has 1 aliphatic heterocycles. The number of nitrogens with one attached hydrogen (secondary N) is 1. The van der Waals surface area contributed by atoms with Gasteiger partial charge in [0.05, 0.1) is 30.4 Å². The lowest BCUT2D eigenvalue weighted by Gasteiger charge is -2.22. The van der Waals surface area contributed by atoms with Gasteiger partial charge in [0.2, 0.25) is 5.91 Å². The smallest absolute Gasteiger partial charge is 0.237 e. The molecule has 2 aromatic rings. The van der Waals surface area contributed by atoms with Gasteiger partial charge in [-0.15, -0.1) is 0 Å². The van der Waals surface area contributed by atoms with Gasteiger partial charge in [-0.05, 0) is 51.4 Å². The summed E-state index contributed by atoms with van der Waals surface area (Å²) in [6.07, 6.45) is 1.83. The summed E-state index contributed by atoms with van der Waals surface area (Å²) in [5, 5.41) is 17.2. The number of amides is 1. The number of carbonyl (C=O) groups is 1. The number of likely N-dealkylation sites (N-methyl/N-ethyl adjacent to an activating group) is 1. The van der Waals surface area contributed by atoms with Crippen LogP contribution in [0.15, 0.2) is 36.5 Å². The minimum absolute atomic E-state index is 0.0427. The van der Waals surface area contributed by atoms with Crippen LogP contribution in [0.3, 0.4) is 0 Å². The molecule has 2 heterocycles. The van der Waals surface area contributed by atoms with Crippen molar-refractivity contribution in [3.8, 4) is 11.3 Å². The Hall–Kier alpha value is -2.22. The zero-order valence-corrected chi connectivity index (χ0v) is 17.1. The third-order valence-electron chi connectivity index (χ3n) is 5.17. The first kappa shape index (κ1) is 20.5. The lowest BCUT2D eigenvalue weighted by Crippen LogP contribution is -2.42. The zero-order chi connectivity index (χ0) is 20.5. The maximum Gasteiger partial charge on any atom is 0.237 e. The summed E-state index contributed by atoms with van der Waals surface area (Å²) in [6.45, 7) is 7.09. The molecule has 4 N–H and O–H groups in total. The number of hydrogen-bond donors (Lipinski definition) is 3. The lowest BCUT2D eigenvalue weighted by molar-refractivity contribution is -0.125. The third kappa shape index (κ3) is 4.79. The average Bonchev–Trinajstić information content (AvgIpc) is 3.19. The fourth-order valence-electron chi connectivity index (χ4n) is 3.70. The number of aliphatic hydroxyl groups is 1. The fraction of sp³-hybridized carbons (Fsp3) is 0.524. The monoisotopic (exact) mass is 385 g/mol. The first-order valence-corrected chi connectivity index (χ1v) is 9.74. The number of aliphatic hydroxyl groups excluding tert-OH is 1. The molecule has 7 nitrogen and oxygen atoms in total. The predicted octanol–water partition coefficient (Wildman–Crippen LogP) is 1.53. The maximum atomic E-state index is 12.5. The molecule has 0 aliphatic carbocycles. The Labute approximate surface area is 166 Å². The molecule has 7 heteroatoms. The normalized spacial score (nSPS) is 21.6. The van der Waals surface area contributed by atoms with Crippen molar-refractivity contribution in [1.82, 2.24) is 20.0 Å². The molecule has 3 rings (SSSR count). The van der Waals surface area contributed by atoms with Gasteiger partial charge in [0.15, 0.2) is 0 Å². The van der Waals surface area contributed by atoms with E-state index in [2.05, 4.69) is 10.4 Å². The second-order valence-electron chi connectivity index (χ2n) is 8.56. The van der Waals surface area contributed by atoms with Gasteiger partial charge in [-0.25, -0.2) is 0 Å². The summed E-state index contributed by atoms with van der Waals surface area (Å²) >= 11 is 0. The van der Waals surface area contributed by atoms with Crippen molar-refractivity contribution in [2.45, 2.75) is 57.5 Å². The number of aromatic nitrogens is 2. The zero-order valence-electron chi connectivity index (χ0n) is 17.1. The van der Waals surface area contributed by atoms with Crippen LogP contribution in [0.25, 0.3) is 11.3 Å². The largest absolute Gasteiger partial charge is 0.392 e. The van der Waals surface area contributed by atoms with Gasteiger partial charge in [-0.1, -0.05) is 24.3 Å². The second kappa shape index (κ2) is 8.03. The highest BCUT2D eigenvalue weighted by molar-refractivity contribution is 5.82. The van der Waals surface area contributed by atoms with Crippen molar-refractivity contribution in [1.29, 1.82) is 0 Å². The van der Waals surface area contributed by atoms with E-state index in [-0.39, 0.29) is 23.5 Å². The third-order valence-corrected chi connectivity index (χ3v) is 5.17. The van der Waals surface area contributed by atoms with Gasteiger partial charge >= 0.3 is 0 Å². The summed E-state index contributed by atoms with van der Waals surface area (Å²) in [4.78, 5) is 14.4. The van der Waals surface area contributed by atoms with Crippen molar-refractivity contribution in [3.63, 3.8) is 0 Å². The molecule has 3 atom stereocenters. The van der Waals surface area contributed by atoms with Gasteiger partial charge < -0.3 is 16.2 Å². The van der Waals surface area contributed by atoms with Crippen LogP contribution in [0.4, 0.5) is 0 Å². The Bertz CT molecular complexity index is 809. The van der Waals surface area contributed by atoms with Crippen LogP contribution < -0.4 is 11.1 Å². The van der Waals surface area contributed by atoms with Crippen LogP contribution >= 0.6 is 0 Å². The van der Waals surface area contributed by atoms with E-state index in [0.29, 0.717) is 19.5 Å². The highest BCUT2D eigenvalue weighted by Gasteiger charge is 2.33. The molecular formula is C21H31N5O2. The van der Waals surface area contributed by atoms with Gasteiger partial charge in [-0.2, -0.15) is 5.10 Å². The Morgan fingerprint density at radius 1 is 1.36 bits per heavy atom. The van der Waals surface area contributed by atoms with Crippen molar-refractivity contribution in [2.75, 3.05) is 13.6 Å². The highest BCUT2D eigenvalue weighted by Crippen LogP contribution is 2.23. The number of nitrogens with two attached hydrogens (primary N) is 1. The van der Waals surface area contributed by atoms with Gasteiger partial charge in [-0.3, -0.25) is 14.4 Å². The van der Waals surface area contributed by atoms with Crippen LogP contribution in [-0.4, -0.2) is 57.0 Å². The molecule has 1 aromatic carbocycles. The van der Waals surface area contributed by atoms with Crippen LogP contribution in [0, 0.1) is 0 Å². The predicted molar refractivity (Wildman–Crippen MR) is 110 cm³/mol. The molecule has 1 saturated heterocycles. The van der Waals surface area contributed by atoms with Crippen LogP contribution in [0.5, 0.6) is 0 Å². The minimum atomic E-state index is -0.432. The summed E-state index contributed by atoms with van der Waals surface area (Å²) < 4.78 is 1.92. The van der Waals surface area contributed by atoms with Gasteiger partial charge in [0.25, 0.3) is 0 Å². The molecule has 1 aromatic heterocycles. The molecule has 1 aliphatic rings. The maximum absolute atomic E-state index is 12.5. The Balaban J connectivity index is 1.68. The number of β-amino-alcohol motifs (C(OH)–C–C–N with tert-alkyl or cyclic N) is 1. The molecule has 28 heavy (non-hydrogen) atoms. The van der Waals surface area contributed by atoms with E-state index in [9.17, 15) is 9.90 Å². The van der Waals surface area contributed by atoms with E-state index < -0.39 is 6.10 Å². The van der Waals surface area contributed by atoms with Crippen molar-refractivity contribution in [2.24, 2.45) is 5.73 Å². The van der Waals surface area contributed by atoms with Crippen molar-refractivity contribution >= 4 is 5.91 Å². The Morgan fingerprint density at radius 3 is 2.61 bits per heavy atom. The van der Waals surface area contributed by atoms with E-state index in [1.165, 1.54) is 0 Å². The second-order valence-corrected chi connectivity index (χ2v) is 8.56. The molecule has 0 bridgehead atoms. The average molecular weight is 386 g/mol. The van der Waals surface area contributed by atoms with Crippen LogP contribution in [-0.2, 0) is 11.3 Å². The van der Waals surface area contributed by atoms with Gasteiger partial charge in [0, 0.05) is 18.3 Å². The first-order valence-electron chi connectivity index (χ1n) is 9.74. The summed E-state index contributed by atoms with van der Waals surface area (Å²) in [7, 11) is 1.87. The topological polar surface area (TPSA) is 96.4 Å². The van der Waals surface area contributed by atoms with Crippen LogP contribution in [0.1, 0.15) is 38.8 Å². The Morgan fingerprint density at radius 2 is 2.04 bits per heavy atom. The molecule has 0 spiro atoms. The summed E-state index contributed by atoms with van der Waals surface area (Å²) in [5.74, 6) is -0.0427. The molecule has 0 saturated carbocycles. The van der Waals surface area contributed by atoms with Gasteiger partial charge in [0.1, 0.15) is 0 Å². The number of benzene rings is 1.